The predicted molar refractivity (Wildman–Crippen MR) is 280 cm³/mol. The van der Waals surface area contributed by atoms with Gasteiger partial charge in [-0.15, -0.1) is 0 Å². The summed E-state index contributed by atoms with van der Waals surface area (Å²) in [6.07, 6.45) is 0. The Morgan fingerprint density at radius 3 is 1.22 bits per heavy atom. The molecule has 0 fully saturated rings. The summed E-state index contributed by atoms with van der Waals surface area (Å²) in [5, 5.41) is 9.93. The molecule has 6 nitrogen and oxygen atoms in total. The fraction of sp³-hybridized carbons (Fsp3) is 0. The molecule has 0 aliphatic carbocycles. The van der Waals surface area contributed by atoms with E-state index in [9.17, 15) is 0 Å². The fourth-order valence-electron chi connectivity index (χ4n) is 11.1. The first kappa shape index (κ1) is 37.6. The van der Waals surface area contributed by atoms with Crippen LogP contribution in [0.25, 0.3) is 88.8 Å². The average molecular weight is 873 g/mol. The van der Waals surface area contributed by atoms with Crippen LogP contribution in [0.5, 0.6) is 0 Å². The molecule has 314 valence electrons. The van der Waals surface area contributed by atoms with Crippen molar-refractivity contribution < 1.29 is 0 Å². The highest BCUT2D eigenvalue weighted by Crippen LogP contribution is 2.35. The maximum absolute atomic E-state index is 5.78. The molecule has 0 radical (unpaired) electrons. The molecule has 0 atom stereocenters. The Bertz CT molecular complexity index is 4070. The zero-order valence-electron chi connectivity index (χ0n) is 36.3. The lowest BCUT2D eigenvalue weighted by atomic mass is 10.2. The number of aromatic nitrogens is 6. The molecule has 9 aromatic carbocycles. The number of fused-ring (bicyclic) bond motifs is 11. The third-order valence-electron chi connectivity index (χ3n) is 13.9. The summed E-state index contributed by atoms with van der Waals surface area (Å²) in [6.45, 7) is 0. The van der Waals surface area contributed by atoms with E-state index in [-0.39, 0.29) is 0 Å². The van der Waals surface area contributed by atoms with Crippen LogP contribution in [-0.2, 0) is 0 Å². The molecule has 0 N–H and O–H groups in total. The Morgan fingerprint density at radius 2 is 0.687 bits per heavy atom. The molecule has 0 bridgehead atoms. The van der Waals surface area contributed by atoms with Crippen LogP contribution < -0.4 is 20.7 Å². The molecular formula is C60H40N6Si. The maximum atomic E-state index is 5.78. The largest absolute Gasteiger partial charge is 0.309 e. The average Bonchev–Trinajstić information content (AvgIpc) is 4.13. The smallest absolute Gasteiger partial charge is 0.221 e. The number of nitrogens with zero attached hydrogens (tertiary/aromatic N) is 6. The Kier molecular flexibility index (Phi) is 8.20. The molecule has 67 heavy (non-hydrogen) atoms. The van der Waals surface area contributed by atoms with Crippen molar-refractivity contribution >= 4 is 100 Å². The fourth-order valence-corrected chi connectivity index (χ4v) is 15.9. The van der Waals surface area contributed by atoms with Crippen LogP contribution in [0.15, 0.2) is 243 Å². The second-order valence-corrected chi connectivity index (χ2v) is 21.2. The van der Waals surface area contributed by atoms with Gasteiger partial charge in [-0.3, -0.25) is 13.5 Å². The summed E-state index contributed by atoms with van der Waals surface area (Å²) in [6, 6.07) is 88.5. The van der Waals surface area contributed by atoms with Crippen molar-refractivity contribution in [2.45, 2.75) is 0 Å². The number of hydrogen-bond acceptors (Lipinski definition) is 2. The van der Waals surface area contributed by atoms with E-state index in [1.807, 2.05) is 0 Å². The first-order chi connectivity index (χ1) is 33.3. The monoisotopic (exact) mass is 872 g/mol. The highest BCUT2D eigenvalue weighted by molar-refractivity contribution is 7.20. The first-order valence-electron chi connectivity index (χ1n) is 22.8. The summed E-state index contributed by atoms with van der Waals surface area (Å²) in [5.41, 5.74) is 9.84. The van der Waals surface area contributed by atoms with Gasteiger partial charge in [-0.1, -0.05) is 170 Å². The van der Waals surface area contributed by atoms with Crippen LogP contribution in [-0.4, -0.2) is 36.1 Å². The number of hydrogen-bond donors (Lipinski definition) is 0. The van der Waals surface area contributed by atoms with E-state index in [1.165, 1.54) is 53.3 Å². The minimum absolute atomic E-state index is 0.807. The van der Waals surface area contributed by atoms with Gasteiger partial charge < -0.3 is 4.57 Å². The van der Waals surface area contributed by atoms with Gasteiger partial charge in [0.2, 0.25) is 5.78 Å². The Morgan fingerprint density at radius 1 is 0.284 bits per heavy atom. The van der Waals surface area contributed by atoms with Crippen molar-refractivity contribution in [3.05, 3.63) is 243 Å². The van der Waals surface area contributed by atoms with Gasteiger partial charge in [0.15, 0.2) is 8.07 Å². The van der Waals surface area contributed by atoms with Crippen molar-refractivity contribution in [3.63, 3.8) is 0 Å². The minimum Gasteiger partial charge on any atom is -0.309 e. The maximum Gasteiger partial charge on any atom is 0.221 e. The van der Waals surface area contributed by atoms with E-state index < -0.39 is 8.07 Å². The number of rotatable bonds is 7. The Balaban J connectivity index is 1.12. The van der Waals surface area contributed by atoms with Gasteiger partial charge in [0.25, 0.3) is 0 Å². The van der Waals surface area contributed by atoms with Crippen LogP contribution in [0, 0.1) is 0 Å². The van der Waals surface area contributed by atoms with Crippen molar-refractivity contribution in [2.24, 2.45) is 0 Å². The summed E-state index contributed by atoms with van der Waals surface area (Å²) in [4.78, 5) is 11.1. The highest BCUT2D eigenvalue weighted by Gasteiger charge is 2.42. The first-order valence-corrected chi connectivity index (χ1v) is 24.8. The molecule has 0 aliphatic heterocycles. The molecule has 0 saturated carbocycles. The van der Waals surface area contributed by atoms with E-state index in [2.05, 4.69) is 261 Å². The van der Waals surface area contributed by atoms with Gasteiger partial charge in [-0.05, 0) is 93.5 Å². The third kappa shape index (κ3) is 5.43. The summed E-state index contributed by atoms with van der Waals surface area (Å²) in [5.74, 6) is 2.48. The number of benzene rings is 9. The Hall–Kier alpha value is -8.78. The molecule has 0 spiro atoms. The van der Waals surface area contributed by atoms with Gasteiger partial charge in [-0.25, -0.2) is 9.97 Å². The van der Waals surface area contributed by atoms with E-state index >= 15 is 0 Å². The van der Waals surface area contributed by atoms with Gasteiger partial charge in [0, 0.05) is 27.2 Å². The van der Waals surface area contributed by atoms with E-state index in [4.69, 9.17) is 9.97 Å². The molecule has 14 rings (SSSR count). The van der Waals surface area contributed by atoms with Crippen LogP contribution >= 0.6 is 0 Å². The number of para-hydroxylation sites is 8. The summed E-state index contributed by atoms with van der Waals surface area (Å²) < 4.78 is 9.33. The van der Waals surface area contributed by atoms with Crippen LogP contribution in [0.3, 0.4) is 0 Å². The summed E-state index contributed by atoms with van der Waals surface area (Å²) in [7, 11) is -3.21. The zero-order chi connectivity index (χ0) is 44.1. The van der Waals surface area contributed by atoms with Crippen molar-refractivity contribution in [2.75, 3.05) is 0 Å². The molecule has 5 aromatic heterocycles. The molecule has 0 unspecified atom stereocenters. The lowest BCUT2D eigenvalue weighted by molar-refractivity contribution is 0.999. The standard InChI is InChI=1S/C60H40N6Si/c1-3-19-42(20-4-1)67(43-21-5-2-6-22-43,44-37-35-41(36-38-44)63-51-28-12-7-23-46(51)47-24-8-13-29-52(47)63)45-39-58(64-53-30-14-9-25-48(53)49-26-10-15-31-54(49)64)62-59(40-45)66-57-34-18-17-33-56(57)65-55-32-16-11-27-50(55)61-60(65)66/h1-40H. The van der Waals surface area contributed by atoms with E-state index in [1.54, 1.807) is 0 Å². The topological polar surface area (TPSA) is 45.0 Å². The van der Waals surface area contributed by atoms with Gasteiger partial charge in [-0.2, -0.15) is 0 Å². The second-order valence-electron chi connectivity index (χ2n) is 17.4. The molecule has 14 aromatic rings. The zero-order valence-corrected chi connectivity index (χ0v) is 37.3. The summed E-state index contributed by atoms with van der Waals surface area (Å²) >= 11 is 0. The highest BCUT2D eigenvalue weighted by atomic mass is 28.3. The lowest BCUT2D eigenvalue weighted by Gasteiger charge is -2.35. The number of pyridine rings is 1. The molecular weight excluding hydrogens is 833 g/mol. The number of imidazole rings is 2. The molecule has 0 saturated heterocycles. The normalized spacial score (nSPS) is 12.2. The van der Waals surface area contributed by atoms with Crippen molar-refractivity contribution in [1.82, 2.24) is 28.1 Å². The predicted octanol–water partition coefficient (Wildman–Crippen LogP) is 11.4. The van der Waals surface area contributed by atoms with E-state index in [0.717, 1.165) is 56.2 Å². The van der Waals surface area contributed by atoms with Crippen LogP contribution in [0.4, 0.5) is 0 Å². The third-order valence-corrected chi connectivity index (χ3v) is 18.7. The minimum atomic E-state index is -3.21. The Labute approximate surface area is 386 Å². The van der Waals surface area contributed by atoms with Gasteiger partial charge in [0.1, 0.15) is 11.6 Å². The molecule has 0 aliphatic rings. The van der Waals surface area contributed by atoms with E-state index in [0.29, 0.717) is 0 Å². The molecule has 0 amide bonds. The second kappa shape index (κ2) is 14.6. The molecule has 7 heteroatoms. The van der Waals surface area contributed by atoms with Crippen molar-refractivity contribution in [1.29, 1.82) is 0 Å². The molecule has 5 heterocycles. The van der Waals surface area contributed by atoms with Crippen molar-refractivity contribution in [3.8, 4) is 17.3 Å². The SMILES string of the molecule is c1ccc([Si](c2ccccc2)(c2ccc(-n3c4ccccc4c4ccccc43)cc2)c2cc(-n3c4ccccc4c4ccccc43)nc(-n3c4ccccc4n4c5ccccc5nc34)c2)cc1. The van der Waals surface area contributed by atoms with Crippen LogP contribution in [0.1, 0.15) is 0 Å². The quantitative estimate of drug-likeness (QED) is 0.118. The van der Waals surface area contributed by atoms with Crippen LogP contribution in [0.2, 0.25) is 0 Å². The van der Waals surface area contributed by atoms with Gasteiger partial charge in [0.05, 0.1) is 44.1 Å². The van der Waals surface area contributed by atoms with Gasteiger partial charge >= 0.3 is 0 Å². The lowest BCUT2D eigenvalue weighted by Crippen LogP contribution is -2.74.